The van der Waals surface area contributed by atoms with Crippen LogP contribution in [0, 0.1) is 0 Å². The van der Waals surface area contributed by atoms with E-state index < -0.39 is 0 Å². The van der Waals surface area contributed by atoms with Crippen molar-refractivity contribution >= 4 is 17.3 Å². The van der Waals surface area contributed by atoms with Crippen molar-refractivity contribution in [3.05, 3.63) is 59.7 Å². The number of amides is 1. The van der Waals surface area contributed by atoms with E-state index >= 15 is 0 Å². The Kier molecular flexibility index (Phi) is 5.21. The molecule has 0 radical (unpaired) electrons. The average molecular weight is 283 g/mol. The lowest BCUT2D eigenvalue weighted by Gasteiger charge is -2.13. The smallest absolute Gasteiger partial charge is 0.253 e. The summed E-state index contributed by atoms with van der Waals surface area (Å²) in [5, 5.41) is 6.18. The van der Waals surface area contributed by atoms with Gasteiger partial charge >= 0.3 is 0 Å². The summed E-state index contributed by atoms with van der Waals surface area (Å²) in [5.74, 6) is -0.0975. The lowest BCUT2D eigenvalue weighted by molar-refractivity contribution is 0.0954. The van der Waals surface area contributed by atoms with E-state index in [1.54, 1.807) is 12.1 Å². The molecule has 0 fully saturated rings. The molecule has 0 aromatic heterocycles. The van der Waals surface area contributed by atoms with Crippen LogP contribution >= 0.6 is 0 Å². The molecule has 4 heteroatoms. The van der Waals surface area contributed by atoms with Gasteiger partial charge in [-0.05, 0) is 30.2 Å². The molecule has 0 saturated carbocycles. The van der Waals surface area contributed by atoms with Gasteiger partial charge in [-0.3, -0.25) is 4.79 Å². The summed E-state index contributed by atoms with van der Waals surface area (Å²) in [6.45, 7) is 3.35. The van der Waals surface area contributed by atoms with E-state index in [4.69, 9.17) is 5.73 Å². The highest BCUT2D eigenvalue weighted by molar-refractivity contribution is 6.00. The third-order valence-electron chi connectivity index (χ3n) is 3.15. The quantitative estimate of drug-likeness (QED) is 0.714. The minimum absolute atomic E-state index is 0.0975. The van der Waals surface area contributed by atoms with Crippen LogP contribution in [0.3, 0.4) is 0 Å². The lowest BCUT2D eigenvalue weighted by Crippen LogP contribution is -2.25. The minimum Gasteiger partial charge on any atom is -0.399 e. The maximum absolute atomic E-state index is 12.2. The Hall–Kier alpha value is -2.49. The summed E-state index contributed by atoms with van der Waals surface area (Å²) in [6.07, 6.45) is 0.904. The summed E-state index contributed by atoms with van der Waals surface area (Å²) >= 11 is 0. The molecular weight excluding hydrogens is 262 g/mol. The van der Waals surface area contributed by atoms with Crippen molar-refractivity contribution in [2.75, 3.05) is 17.6 Å². The molecular formula is C17H21N3O. The third kappa shape index (κ3) is 4.24. The largest absolute Gasteiger partial charge is 0.399 e. The first-order valence-electron chi connectivity index (χ1n) is 7.16. The van der Waals surface area contributed by atoms with Gasteiger partial charge in [0, 0.05) is 24.5 Å². The maximum atomic E-state index is 12.2. The molecule has 0 heterocycles. The molecule has 4 N–H and O–H groups in total. The van der Waals surface area contributed by atoms with Gasteiger partial charge in [0.25, 0.3) is 5.91 Å². The summed E-state index contributed by atoms with van der Waals surface area (Å²) in [4.78, 5) is 12.2. The zero-order chi connectivity index (χ0) is 15.1. The fourth-order valence-electron chi connectivity index (χ4n) is 2.03. The highest BCUT2D eigenvalue weighted by atomic mass is 16.1. The van der Waals surface area contributed by atoms with Gasteiger partial charge in [0.05, 0.1) is 5.56 Å². The van der Waals surface area contributed by atoms with E-state index in [-0.39, 0.29) is 5.91 Å². The second-order valence-corrected chi connectivity index (χ2v) is 4.90. The van der Waals surface area contributed by atoms with Gasteiger partial charge < -0.3 is 16.4 Å². The van der Waals surface area contributed by atoms with Crippen molar-refractivity contribution in [1.29, 1.82) is 0 Å². The molecule has 0 aliphatic rings. The van der Waals surface area contributed by atoms with Crippen LogP contribution in [0.2, 0.25) is 0 Å². The lowest BCUT2D eigenvalue weighted by atomic mass is 10.1. The first-order chi connectivity index (χ1) is 10.2. The van der Waals surface area contributed by atoms with E-state index in [1.165, 1.54) is 0 Å². The number of benzene rings is 2. The van der Waals surface area contributed by atoms with Crippen LogP contribution in [0.5, 0.6) is 0 Å². The van der Waals surface area contributed by atoms with Crippen molar-refractivity contribution in [3.63, 3.8) is 0 Å². The van der Waals surface area contributed by atoms with Crippen LogP contribution in [0.4, 0.5) is 11.4 Å². The Labute approximate surface area is 125 Å². The van der Waals surface area contributed by atoms with Gasteiger partial charge in [-0.15, -0.1) is 0 Å². The molecule has 0 aliphatic carbocycles. The fourth-order valence-corrected chi connectivity index (χ4v) is 2.03. The molecule has 2 aromatic carbocycles. The molecule has 0 spiro atoms. The Balaban J connectivity index is 2.13. The molecule has 4 nitrogen and oxygen atoms in total. The van der Waals surface area contributed by atoms with Gasteiger partial charge in [-0.2, -0.15) is 0 Å². The van der Waals surface area contributed by atoms with Crippen molar-refractivity contribution < 1.29 is 4.79 Å². The summed E-state index contributed by atoms with van der Waals surface area (Å²) < 4.78 is 0. The van der Waals surface area contributed by atoms with Crippen LogP contribution in [0.1, 0.15) is 29.3 Å². The van der Waals surface area contributed by atoms with Crippen LogP contribution in [0.15, 0.2) is 48.5 Å². The zero-order valence-corrected chi connectivity index (χ0v) is 12.2. The second-order valence-electron chi connectivity index (χ2n) is 4.90. The first-order valence-corrected chi connectivity index (χ1v) is 7.16. The number of nitrogen functional groups attached to an aromatic ring is 1. The van der Waals surface area contributed by atoms with Crippen LogP contribution in [0.25, 0.3) is 0 Å². The van der Waals surface area contributed by atoms with Crippen LogP contribution in [-0.4, -0.2) is 12.5 Å². The van der Waals surface area contributed by atoms with E-state index in [0.29, 0.717) is 24.3 Å². The van der Waals surface area contributed by atoms with E-state index in [1.807, 2.05) is 43.3 Å². The highest BCUT2D eigenvalue weighted by Gasteiger charge is 2.11. The normalized spacial score (nSPS) is 10.1. The molecule has 2 aromatic rings. The Morgan fingerprint density at radius 2 is 1.90 bits per heavy atom. The van der Waals surface area contributed by atoms with Crippen molar-refractivity contribution in [2.24, 2.45) is 0 Å². The number of anilines is 2. The molecule has 0 atom stereocenters. The predicted molar refractivity (Wildman–Crippen MR) is 87.2 cm³/mol. The number of rotatable bonds is 6. The Morgan fingerprint density at radius 1 is 1.14 bits per heavy atom. The third-order valence-corrected chi connectivity index (χ3v) is 3.15. The topological polar surface area (TPSA) is 67.2 Å². The monoisotopic (exact) mass is 283 g/mol. The zero-order valence-electron chi connectivity index (χ0n) is 12.2. The van der Waals surface area contributed by atoms with Crippen LogP contribution in [-0.2, 0) is 6.54 Å². The van der Waals surface area contributed by atoms with E-state index in [2.05, 4.69) is 10.6 Å². The van der Waals surface area contributed by atoms with Gasteiger partial charge in [0.1, 0.15) is 0 Å². The van der Waals surface area contributed by atoms with E-state index in [9.17, 15) is 4.79 Å². The number of hydrogen-bond acceptors (Lipinski definition) is 3. The first kappa shape index (κ1) is 14.9. The number of carbonyl (C=O) groups excluding carboxylic acids is 1. The van der Waals surface area contributed by atoms with Crippen molar-refractivity contribution in [1.82, 2.24) is 5.32 Å². The average Bonchev–Trinajstić information content (AvgIpc) is 2.52. The Bertz CT molecular complexity index is 596. The maximum Gasteiger partial charge on any atom is 0.253 e. The summed E-state index contributed by atoms with van der Waals surface area (Å²) in [7, 11) is 0. The minimum atomic E-state index is -0.0975. The molecule has 21 heavy (non-hydrogen) atoms. The van der Waals surface area contributed by atoms with E-state index in [0.717, 1.165) is 17.7 Å². The molecule has 0 saturated heterocycles. The van der Waals surface area contributed by atoms with Crippen molar-refractivity contribution in [3.8, 4) is 0 Å². The number of nitrogens with two attached hydrogens (primary N) is 1. The molecule has 2 rings (SSSR count). The molecule has 0 aliphatic heterocycles. The van der Waals surface area contributed by atoms with Gasteiger partial charge in [0.15, 0.2) is 0 Å². The second kappa shape index (κ2) is 7.33. The number of carbonyl (C=O) groups is 1. The molecule has 0 bridgehead atoms. The number of hydrogen-bond donors (Lipinski definition) is 3. The van der Waals surface area contributed by atoms with Gasteiger partial charge in [0.2, 0.25) is 0 Å². The standard InChI is InChI=1S/C17H21N3O/c1-2-10-19-17(21)15-11-14(18)8-9-16(15)20-12-13-6-4-3-5-7-13/h3-9,11,20H,2,10,12,18H2,1H3,(H,19,21). The SMILES string of the molecule is CCCNC(=O)c1cc(N)ccc1NCc1ccccc1. The van der Waals surface area contributed by atoms with Crippen molar-refractivity contribution in [2.45, 2.75) is 19.9 Å². The molecule has 1 amide bonds. The van der Waals surface area contributed by atoms with Gasteiger partial charge in [-0.25, -0.2) is 0 Å². The molecule has 0 unspecified atom stereocenters. The summed E-state index contributed by atoms with van der Waals surface area (Å²) in [5.41, 5.74) is 8.92. The predicted octanol–water partition coefficient (Wildman–Crippen LogP) is 3.02. The molecule has 110 valence electrons. The number of nitrogens with one attached hydrogen (secondary N) is 2. The van der Waals surface area contributed by atoms with Crippen LogP contribution < -0.4 is 16.4 Å². The van der Waals surface area contributed by atoms with Gasteiger partial charge in [-0.1, -0.05) is 37.3 Å². The summed E-state index contributed by atoms with van der Waals surface area (Å²) in [6, 6.07) is 15.4. The Morgan fingerprint density at radius 3 is 2.62 bits per heavy atom. The highest BCUT2D eigenvalue weighted by Crippen LogP contribution is 2.20. The fraction of sp³-hybridized carbons (Fsp3) is 0.235.